The molecule has 0 radical (unpaired) electrons. The average Bonchev–Trinajstić information content (AvgIpc) is 2.65. The summed E-state index contributed by atoms with van der Waals surface area (Å²) in [7, 11) is 0. The van der Waals surface area contributed by atoms with Gasteiger partial charge in [-0.15, -0.1) is 0 Å². The van der Waals surface area contributed by atoms with Crippen molar-refractivity contribution in [3.05, 3.63) is 18.3 Å². The Morgan fingerprint density at radius 1 is 1.64 bits per heavy atom. The predicted molar refractivity (Wildman–Crippen MR) is 54.9 cm³/mol. The van der Waals surface area contributed by atoms with E-state index in [1.807, 2.05) is 12.1 Å². The van der Waals surface area contributed by atoms with Crippen LogP contribution in [0.1, 0.15) is 6.42 Å². The third kappa shape index (κ3) is 1.78. The molecule has 1 saturated heterocycles. The monoisotopic (exact) mass is 194 g/mol. The molecule has 2 heterocycles. The van der Waals surface area contributed by atoms with Gasteiger partial charge >= 0.3 is 0 Å². The number of rotatable bonds is 2. The van der Waals surface area contributed by atoms with E-state index in [2.05, 4.69) is 15.3 Å². The summed E-state index contributed by atoms with van der Waals surface area (Å²) in [5.41, 5.74) is 3.55. The van der Waals surface area contributed by atoms with Gasteiger partial charge in [0.25, 0.3) is 0 Å². The topological polar surface area (TPSA) is 74.4 Å². The van der Waals surface area contributed by atoms with Crippen molar-refractivity contribution in [2.24, 2.45) is 5.84 Å². The number of aliphatic hydroxyl groups is 1. The van der Waals surface area contributed by atoms with Crippen molar-refractivity contribution in [1.82, 2.24) is 4.98 Å². The summed E-state index contributed by atoms with van der Waals surface area (Å²) >= 11 is 0. The number of hydrazine groups is 1. The summed E-state index contributed by atoms with van der Waals surface area (Å²) in [6, 6.07) is 3.79. The minimum absolute atomic E-state index is 0.211. The van der Waals surface area contributed by atoms with Crippen LogP contribution in [0.2, 0.25) is 0 Å². The fourth-order valence-electron chi connectivity index (χ4n) is 1.67. The largest absolute Gasteiger partial charge is 0.391 e. The van der Waals surface area contributed by atoms with E-state index in [-0.39, 0.29) is 6.10 Å². The van der Waals surface area contributed by atoms with Crippen LogP contribution in [-0.2, 0) is 0 Å². The fraction of sp³-hybridized carbons (Fsp3) is 0.444. The van der Waals surface area contributed by atoms with Crippen LogP contribution in [0.25, 0.3) is 0 Å². The molecule has 0 aliphatic carbocycles. The number of nitrogens with one attached hydrogen (secondary N) is 1. The van der Waals surface area contributed by atoms with E-state index in [1.165, 1.54) is 0 Å². The SMILES string of the molecule is NNc1cc(N2CCC(O)C2)ccn1. The van der Waals surface area contributed by atoms with E-state index in [4.69, 9.17) is 5.84 Å². The molecule has 5 nitrogen and oxygen atoms in total. The van der Waals surface area contributed by atoms with Crippen LogP contribution in [0, 0.1) is 0 Å². The average molecular weight is 194 g/mol. The molecule has 1 aliphatic rings. The second-order valence-electron chi connectivity index (χ2n) is 3.43. The molecule has 1 unspecified atom stereocenters. The van der Waals surface area contributed by atoms with E-state index < -0.39 is 0 Å². The van der Waals surface area contributed by atoms with Crippen molar-refractivity contribution in [2.75, 3.05) is 23.4 Å². The maximum absolute atomic E-state index is 9.39. The van der Waals surface area contributed by atoms with Gasteiger partial charge in [0.05, 0.1) is 6.10 Å². The molecule has 1 aliphatic heterocycles. The van der Waals surface area contributed by atoms with Gasteiger partial charge in [-0.2, -0.15) is 0 Å². The van der Waals surface area contributed by atoms with Crippen LogP contribution in [0.4, 0.5) is 11.5 Å². The first-order valence-electron chi connectivity index (χ1n) is 4.65. The van der Waals surface area contributed by atoms with Crippen LogP contribution in [0.5, 0.6) is 0 Å². The Kier molecular flexibility index (Phi) is 2.51. The Morgan fingerprint density at radius 3 is 3.14 bits per heavy atom. The molecule has 1 fully saturated rings. The summed E-state index contributed by atoms with van der Waals surface area (Å²) in [5, 5.41) is 9.39. The lowest BCUT2D eigenvalue weighted by molar-refractivity contribution is 0.198. The molecule has 1 aromatic rings. The van der Waals surface area contributed by atoms with Gasteiger partial charge in [0, 0.05) is 31.0 Å². The molecule has 0 bridgehead atoms. The number of anilines is 2. The third-order valence-corrected chi connectivity index (χ3v) is 2.42. The van der Waals surface area contributed by atoms with Crippen molar-refractivity contribution < 1.29 is 5.11 Å². The number of aromatic nitrogens is 1. The number of hydrogen-bond acceptors (Lipinski definition) is 5. The van der Waals surface area contributed by atoms with Crippen molar-refractivity contribution in [3.63, 3.8) is 0 Å². The molecule has 1 aromatic heterocycles. The van der Waals surface area contributed by atoms with Crippen LogP contribution >= 0.6 is 0 Å². The number of nitrogen functional groups attached to an aromatic ring is 1. The minimum Gasteiger partial charge on any atom is -0.391 e. The molecular weight excluding hydrogens is 180 g/mol. The molecule has 0 spiro atoms. The van der Waals surface area contributed by atoms with E-state index in [1.54, 1.807) is 6.20 Å². The number of hydrogen-bond donors (Lipinski definition) is 3. The van der Waals surface area contributed by atoms with Gasteiger partial charge in [-0.25, -0.2) is 10.8 Å². The van der Waals surface area contributed by atoms with Gasteiger partial charge < -0.3 is 15.4 Å². The molecule has 76 valence electrons. The van der Waals surface area contributed by atoms with Crippen molar-refractivity contribution in [3.8, 4) is 0 Å². The smallest absolute Gasteiger partial charge is 0.141 e. The maximum Gasteiger partial charge on any atom is 0.141 e. The van der Waals surface area contributed by atoms with Gasteiger partial charge in [-0.1, -0.05) is 0 Å². The zero-order chi connectivity index (χ0) is 9.97. The van der Waals surface area contributed by atoms with Crippen molar-refractivity contribution >= 4 is 11.5 Å². The molecule has 0 amide bonds. The number of aliphatic hydroxyl groups excluding tert-OH is 1. The summed E-state index contributed by atoms with van der Waals surface area (Å²) in [6.07, 6.45) is 2.32. The summed E-state index contributed by atoms with van der Waals surface area (Å²) in [4.78, 5) is 6.14. The Labute approximate surface area is 82.5 Å². The Balaban J connectivity index is 2.15. The quantitative estimate of drug-likeness (QED) is 0.454. The van der Waals surface area contributed by atoms with E-state index >= 15 is 0 Å². The fourth-order valence-corrected chi connectivity index (χ4v) is 1.67. The highest BCUT2D eigenvalue weighted by Gasteiger charge is 2.20. The van der Waals surface area contributed by atoms with Crippen LogP contribution < -0.4 is 16.2 Å². The second kappa shape index (κ2) is 3.81. The first-order chi connectivity index (χ1) is 6.79. The first-order valence-corrected chi connectivity index (χ1v) is 4.65. The number of nitrogens with two attached hydrogens (primary N) is 1. The zero-order valence-corrected chi connectivity index (χ0v) is 7.85. The lowest BCUT2D eigenvalue weighted by Crippen LogP contribution is -2.21. The second-order valence-corrected chi connectivity index (χ2v) is 3.43. The molecular formula is C9H14N4O. The molecule has 0 aromatic carbocycles. The first kappa shape index (κ1) is 9.23. The Hall–Kier alpha value is -1.33. The Morgan fingerprint density at radius 2 is 2.50 bits per heavy atom. The number of β-amino-alcohol motifs (C(OH)–C–C–N with tert-alkyl or cyclic N) is 1. The maximum atomic E-state index is 9.39. The minimum atomic E-state index is -0.211. The highest BCUT2D eigenvalue weighted by atomic mass is 16.3. The van der Waals surface area contributed by atoms with Gasteiger partial charge in [0.1, 0.15) is 5.82 Å². The van der Waals surface area contributed by atoms with Gasteiger partial charge in [0.2, 0.25) is 0 Å². The highest BCUT2D eigenvalue weighted by molar-refractivity contribution is 5.54. The lowest BCUT2D eigenvalue weighted by Gasteiger charge is -2.17. The summed E-state index contributed by atoms with van der Waals surface area (Å²) in [5.74, 6) is 5.91. The standard InChI is InChI=1S/C9H14N4O/c10-12-9-5-7(1-3-11-9)13-4-2-8(14)6-13/h1,3,5,8,14H,2,4,6,10H2,(H,11,12). The number of nitrogens with zero attached hydrogens (tertiary/aromatic N) is 2. The molecule has 5 heteroatoms. The Bertz CT molecular complexity index is 317. The molecule has 14 heavy (non-hydrogen) atoms. The van der Waals surface area contributed by atoms with E-state index in [9.17, 15) is 5.11 Å². The van der Waals surface area contributed by atoms with Crippen LogP contribution in [0.15, 0.2) is 18.3 Å². The van der Waals surface area contributed by atoms with Crippen molar-refractivity contribution in [1.29, 1.82) is 0 Å². The van der Waals surface area contributed by atoms with Crippen molar-refractivity contribution in [2.45, 2.75) is 12.5 Å². The van der Waals surface area contributed by atoms with Gasteiger partial charge in [-0.3, -0.25) is 0 Å². The lowest BCUT2D eigenvalue weighted by atomic mass is 10.3. The van der Waals surface area contributed by atoms with Gasteiger partial charge in [-0.05, 0) is 12.5 Å². The third-order valence-electron chi connectivity index (χ3n) is 2.42. The molecule has 2 rings (SSSR count). The van der Waals surface area contributed by atoms with E-state index in [0.29, 0.717) is 12.4 Å². The van der Waals surface area contributed by atoms with Crippen LogP contribution in [0.3, 0.4) is 0 Å². The van der Waals surface area contributed by atoms with Gasteiger partial charge in [0.15, 0.2) is 0 Å². The summed E-state index contributed by atoms with van der Waals surface area (Å²) in [6.45, 7) is 1.57. The predicted octanol–water partition coefficient (Wildman–Crippen LogP) is -0.0618. The zero-order valence-electron chi connectivity index (χ0n) is 7.85. The van der Waals surface area contributed by atoms with Crippen LogP contribution in [-0.4, -0.2) is 29.3 Å². The summed E-state index contributed by atoms with van der Waals surface area (Å²) < 4.78 is 0. The molecule has 4 N–H and O–H groups in total. The highest BCUT2D eigenvalue weighted by Crippen LogP contribution is 2.21. The number of pyridine rings is 1. The normalized spacial score (nSPS) is 21.3. The van der Waals surface area contributed by atoms with E-state index in [0.717, 1.165) is 18.7 Å². The molecule has 1 atom stereocenters. The molecule has 0 saturated carbocycles.